The average Bonchev–Trinajstić information content (AvgIpc) is 3.71. The molecule has 236 valence electrons. The van der Waals surface area contributed by atoms with E-state index in [2.05, 4.69) is 22.0 Å². The number of esters is 1. The smallest absolute Gasteiger partial charge is 0.339 e. The molecule has 3 aliphatic rings. The highest BCUT2D eigenvalue weighted by atomic mass is 79.9. The molecule has 1 aromatic heterocycles. The Morgan fingerprint density at radius 3 is 2.40 bits per heavy atom. The van der Waals surface area contributed by atoms with Crippen LogP contribution in [0.5, 0.6) is 0 Å². The van der Waals surface area contributed by atoms with Gasteiger partial charge in [0.05, 0.1) is 44.2 Å². The van der Waals surface area contributed by atoms with Crippen LogP contribution < -0.4 is 4.90 Å². The van der Waals surface area contributed by atoms with Crippen molar-refractivity contribution < 1.29 is 28.8 Å². The quantitative estimate of drug-likeness (QED) is 0.0487. The Bertz CT molecular complexity index is 2100. The number of hydrogen-bond donors (Lipinski definition) is 0. The van der Waals surface area contributed by atoms with Crippen LogP contribution in [0.25, 0.3) is 22.2 Å². The summed E-state index contributed by atoms with van der Waals surface area (Å²) in [4.78, 5) is 69.5. The summed E-state index contributed by atoms with van der Waals surface area (Å²) in [5.74, 6) is -2.05. The Labute approximate surface area is 281 Å². The highest BCUT2D eigenvalue weighted by Gasteiger charge is 2.60. The molecule has 2 aliphatic carbocycles. The van der Waals surface area contributed by atoms with Crippen molar-refractivity contribution in [2.75, 3.05) is 11.5 Å². The Kier molecular flexibility index (Phi) is 7.56. The summed E-state index contributed by atoms with van der Waals surface area (Å²) >= 11 is 9.95. The lowest BCUT2D eigenvalue weighted by atomic mass is 9.82. The summed E-state index contributed by atoms with van der Waals surface area (Å²) in [6, 6.07) is 15.1. The molecule has 4 unspecified atom stereocenters. The minimum atomic E-state index is -0.780. The van der Waals surface area contributed by atoms with Crippen LogP contribution in [0.15, 0.2) is 76.8 Å². The fourth-order valence-electron chi connectivity index (χ4n) is 7.15. The molecule has 2 fully saturated rings. The third-order valence-corrected chi connectivity index (χ3v) is 10.8. The minimum Gasteiger partial charge on any atom is -0.454 e. The molecule has 1 saturated carbocycles. The van der Waals surface area contributed by atoms with E-state index in [1.54, 1.807) is 43.3 Å². The molecule has 7 rings (SSSR count). The van der Waals surface area contributed by atoms with Gasteiger partial charge in [0.15, 0.2) is 12.4 Å². The first-order valence-electron chi connectivity index (χ1n) is 14.8. The number of nitro groups is 1. The highest BCUT2D eigenvalue weighted by Crippen LogP contribution is 2.56. The number of imide groups is 1. The lowest BCUT2D eigenvalue weighted by molar-refractivity contribution is -0.384. The van der Waals surface area contributed by atoms with Gasteiger partial charge in [-0.2, -0.15) is 0 Å². The molecule has 0 N–H and O–H groups in total. The van der Waals surface area contributed by atoms with E-state index < -0.39 is 23.3 Å². The number of nitro benzene ring substituents is 1. The molecule has 12 heteroatoms. The van der Waals surface area contributed by atoms with Crippen LogP contribution in [0.3, 0.4) is 0 Å². The van der Waals surface area contributed by atoms with Gasteiger partial charge in [0, 0.05) is 33.1 Å². The number of halogens is 2. The molecule has 4 atom stereocenters. The molecular weight excluding hydrogens is 690 g/mol. The van der Waals surface area contributed by atoms with E-state index in [-0.39, 0.29) is 52.3 Å². The normalized spacial score (nSPS) is 21.3. The number of carbonyl (C=O) groups excluding carboxylic acids is 4. The number of hydrogen-bond acceptors (Lipinski definition) is 8. The third kappa shape index (κ3) is 5.05. The Hall–Kier alpha value is -4.74. The number of nitrogens with zero attached hydrogens (tertiary/aromatic N) is 3. The summed E-state index contributed by atoms with van der Waals surface area (Å²) < 4.78 is 5.97. The van der Waals surface area contributed by atoms with Crippen LogP contribution in [0.2, 0.25) is 5.02 Å². The van der Waals surface area contributed by atoms with Gasteiger partial charge in [-0.15, -0.1) is 0 Å². The molecule has 2 amide bonds. The number of aromatic nitrogens is 1. The van der Waals surface area contributed by atoms with Crippen LogP contribution >= 0.6 is 27.5 Å². The van der Waals surface area contributed by atoms with Crippen molar-refractivity contribution in [3.63, 3.8) is 0 Å². The van der Waals surface area contributed by atoms with Gasteiger partial charge in [0.1, 0.15) is 0 Å². The molecule has 4 aromatic rings. The van der Waals surface area contributed by atoms with Gasteiger partial charge in [-0.25, -0.2) is 9.78 Å². The van der Waals surface area contributed by atoms with Crippen LogP contribution in [0, 0.1) is 40.7 Å². The summed E-state index contributed by atoms with van der Waals surface area (Å²) in [7, 11) is 0. The van der Waals surface area contributed by atoms with Crippen molar-refractivity contribution in [2.45, 2.75) is 20.3 Å². The van der Waals surface area contributed by atoms with Gasteiger partial charge in [0.25, 0.3) is 5.69 Å². The van der Waals surface area contributed by atoms with E-state index >= 15 is 0 Å². The first kappa shape index (κ1) is 30.9. The summed E-state index contributed by atoms with van der Waals surface area (Å²) in [6.07, 6.45) is 2.99. The van der Waals surface area contributed by atoms with Crippen molar-refractivity contribution in [3.05, 3.63) is 109 Å². The molecule has 47 heavy (non-hydrogen) atoms. The second-order valence-corrected chi connectivity index (χ2v) is 13.3. The number of aryl methyl sites for hydroxylation is 1. The molecule has 10 nitrogen and oxygen atoms in total. The maximum Gasteiger partial charge on any atom is 0.339 e. The predicted octanol–water partition coefficient (Wildman–Crippen LogP) is 7.28. The number of Topliss-reactive ketones (excluding diaryl/α,β-unsaturated/α-hetero) is 1. The maximum atomic E-state index is 13.5. The molecular formula is C35H25BrClN3O7. The number of rotatable bonds is 7. The van der Waals surface area contributed by atoms with Crippen LogP contribution in [0.4, 0.5) is 11.4 Å². The molecule has 0 radical (unpaired) electrons. The molecule has 0 spiro atoms. The van der Waals surface area contributed by atoms with Crippen molar-refractivity contribution in [1.82, 2.24) is 4.98 Å². The lowest BCUT2D eigenvalue weighted by Crippen LogP contribution is -2.32. The number of non-ortho nitro benzene ring substituents is 1. The molecule has 2 bridgehead atoms. The number of benzene rings is 3. The van der Waals surface area contributed by atoms with Gasteiger partial charge < -0.3 is 4.74 Å². The van der Waals surface area contributed by atoms with Crippen LogP contribution in [-0.2, 0) is 14.3 Å². The van der Waals surface area contributed by atoms with Gasteiger partial charge in [-0.3, -0.25) is 29.4 Å². The molecule has 1 saturated heterocycles. The third-order valence-electron chi connectivity index (χ3n) is 9.48. The average molecular weight is 715 g/mol. The summed E-state index contributed by atoms with van der Waals surface area (Å²) in [5, 5.41) is 11.8. The second-order valence-electron chi connectivity index (χ2n) is 12.1. The minimum absolute atomic E-state index is 0.102. The number of ketones is 1. The highest BCUT2D eigenvalue weighted by molar-refractivity contribution is 9.10. The number of carbonyl (C=O) groups is 4. The topological polar surface area (TPSA) is 137 Å². The van der Waals surface area contributed by atoms with E-state index in [1.807, 2.05) is 6.92 Å². The molecule has 3 aromatic carbocycles. The molecule has 2 heterocycles. The fraction of sp³-hybridized carbons (Fsp3) is 0.229. The summed E-state index contributed by atoms with van der Waals surface area (Å²) in [5.41, 5.74) is 3.88. The predicted molar refractivity (Wildman–Crippen MR) is 177 cm³/mol. The summed E-state index contributed by atoms with van der Waals surface area (Å²) in [6.45, 7) is 3.21. The van der Waals surface area contributed by atoms with E-state index in [0.29, 0.717) is 42.9 Å². The van der Waals surface area contributed by atoms with Crippen molar-refractivity contribution >= 4 is 73.4 Å². The van der Waals surface area contributed by atoms with E-state index in [4.69, 9.17) is 21.3 Å². The van der Waals surface area contributed by atoms with Crippen molar-refractivity contribution in [3.8, 4) is 11.3 Å². The number of fused-ring (bicyclic) bond motifs is 6. The fourth-order valence-corrected chi connectivity index (χ4v) is 7.82. The number of allylic oxidation sites excluding steroid dienone is 2. The number of pyridine rings is 1. The Morgan fingerprint density at radius 2 is 1.72 bits per heavy atom. The van der Waals surface area contributed by atoms with Gasteiger partial charge >= 0.3 is 5.97 Å². The number of ether oxygens (including phenoxy) is 1. The zero-order chi connectivity index (χ0) is 33.3. The van der Waals surface area contributed by atoms with Crippen molar-refractivity contribution in [2.24, 2.45) is 23.7 Å². The van der Waals surface area contributed by atoms with Gasteiger partial charge in [-0.05, 0) is 90.0 Å². The van der Waals surface area contributed by atoms with Gasteiger partial charge in [-0.1, -0.05) is 35.4 Å². The lowest BCUT2D eigenvalue weighted by Gasteiger charge is -2.19. The first-order valence-corrected chi connectivity index (χ1v) is 16.0. The second kappa shape index (κ2) is 11.5. The van der Waals surface area contributed by atoms with Gasteiger partial charge in [0.2, 0.25) is 11.8 Å². The Morgan fingerprint density at radius 1 is 1.04 bits per heavy atom. The van der Waals surface area contributed by atoms with E-state index in [9.17, 15) is 29.3 Å². The Balaban J connectivity index is 1.18. The zero-order valence-electron chi connectivity index (χ0n) is 25.0. The molecule has 1 aliphatic heterocycles. The van der Waals surface area contributed by atoms with Crippen molar-refractivity contribution in [1.29, 1.82) is 0 Å². The maximum absolute atomic E-state index is 13.5. The monoisotopic (exact) mass is 713 g/mol. The van der Waals surface area contributed by atoms with E-state index in [0.717, 1.165) is 6.42 Å². The number of amides is 2. The SMILES string of the molecule is CC1=CC2CC1C1C(=O)N(c3ccc(-c4cc(C(=O)OCC(=O)c5ccc([N+](=O)[O-])cc5)c5cc(Br)c(Cl)c(C)c5n4)cc3)C(=O)C21. The zero-order valence-corrected chi connectivity index (χ0v) is 27.4. The number of anilines is 1. The van der Waals surface area contributed by atoms with E-state index in [1.165, 1.54) is 34.7 Å². The first-order chi connectivity index (χ1) is 22.4. The van der Waals surface area contributed by atoms with Crippen LogP contribution in [0.1, 0.15) is 39.6 Å². The van der Waals surface area contributed by atoms with Crippen LogP contribution in [-0.4, -0.2) is 40.1 Å². The standard InChI is InChI=1S/C35H25BrClN3O7/c1-16-11-20-12-23(16)30-29(20)33(42)39(34(30)43)21-7-3-18(4-8-21)27-14-25(24-13-26(36)31(37)17(2)32(24)38-27)35(44)47-15-28(41)19-5-9-22(10-6-19)40(45)46/h3-11,13-14,20,23,29-30H,12,15H2,1-2H3. The largest absolute Gasteiger partial charge is 0.454 e.